The molecule has 0 aliphatic carbocycles. The molecule has 0 radical (unpaired) electrons. The van der Waals surface area contributed by atoms with Crippen LogP contribution in [0.3, 0.4) is 0 Å². The van der Waals surface area contributed by atoms with Gasteiger partial charge in [-0.25, -0.2) is 4.39 Å². The van der Waals surface area contributed by atoms with Crippen molar-refractivity contribution in [2.45, 2.75) is 13.5 Å². The lowest BCUT2D eigenvalue weighted by atomic mass is 10.1. The summed E-state index contributed by atoms with van der Waals surface area (Å²) in [6, 6.07) is 8.00. The van der Waals surface area contributed by atoms with Crippen LogP contribution in [0.5, 0.6) is 11.5 Å². The number of halogens is 4. The fraction of sp³-hybridized carbons (Fsp3) is 0.304. The highest BCUT2D eigenvalue weighted by atomic mass is 35.5. The molecule has 1 fully saturated rings. The highest BCUT2D eigenvalue weighted by molar-refractivity contribution is 6.33. The quantitative estimate of drug-likeness (QED) is 0.546. The van der Waals surface area contributed by atoms with Crippen LogP contribution in [0.2, 0.25) is 5.02 Å². The van der Waals surface area contributed by atoms with E-state index in [-0.39, 0.29) is 40.5 Å². The summed E-state index contributed by atoms with van der Waals surface area (Å²) in [6.07, 6.45) is 2.92. The SMILES string of the molecule is CCOc1cc(/C=C/C(=O)N2CCN(C(=O)c3ccc(F)cc3Cl)CC2)ccc1OC(F)F. The summed E-state index contributed by atoms with van der Waals surface area (Å²) in [5, 5.41) is 0.0397. The Bertz CT molecular complexity index is 1040. The van der Waals surface area contributed by atoms with Gasteiger partial charge < -0.3 is 19.3 Å². The molecule has 0 N–H and O–H groups in total. The van der Waals surface area contributed by atoms with Crippen LogP contribution in [0.25, 0.3) is 6.08 Å². The van der Waals surface area contributed by atoms with Crippen molar-refractivity contribution in [2.24, 2.45) is 0 Å². The van der Waals surface area contributed by atoms with E-state index in [1.54, 1.807) is 22.8 Å². The minimum absolute atomic E-state index is 0.0397. The van der Waals surface area contributed by atoms with E-state index in [1.807, 2.05) is 0 Å². The first-order valence-electron chi connectivity index (χ1n) is 10.2. The van der Waals surface area contributed by atoms with E-state index in [1.165, 1.54) is 36.4 Å². The predicted octanol–water partition coefficient (Wildman–Crippen LogP) is 4.48. The van der Waals surface area contributed by atoms with Crippen molar-refractivity contribution in [3.05, 3.63) is 64.4 Å². The third-order valence-corrected chi connectivity index (χ3v) is 5.25. The second kappa shape index (κ2) is 11.1. The van der Waals surface area contributed by atoms with Gasteiger partial charge in [0.05, 0.1) is 17.2 Å². The Morgan fingerprint density at radius 1 is 1.06 bits per heavy atom. The van der Waals surface area contributed by atoms with E-state index >= 15 is 0 Å². The normalized spacial score (nSPS) is 14.1. The largest absolute Gasteiger partial charge is 0.490 e. The molecule has 3 rings (SSSR count). The minimum Gasteiger partial charge on any atom is -0.490 e. The first kappa shape index (κ1) is 24.4. The number of rotatable bonds is 7. The van der Waals surface area contributed by atoms with Crippen LogP contribution < -0.4 is 9.47 Å². The van der Waals surface area contributed by atoms with Gasteiger partial charge in [0.1, 0.15) is 5.82 Å². The van der Waals surface area contributed by atoms with Gasteiger partial charge in [-0.2, -0.15) is 8.78 Å². The number of piperazine rings is 1. The van der Waals surface area contributed by atoms with Crippen molar-refractivity contribution < 1.29 is 32.2 Å². The van der Waals surface area contributed by atoms with E-state index < -0.39 is 12.4 Å². The Morgan fingerprint density at radius 3 is 2.39 bits per heavy atom. The summed E-state index contributed by atoms with van der Waals surface area (Å²) in [6.45, 7) is 0.250. The summed E-state index contributed by atoms with van der Waals surface area (Å²) in [5.74, 6) is -1.04. The number of carbonyl (C=O) groups is 2. The lowest BCUT2D eigenvalue weighted by Gasteiger charge is -2.34. The smallest absolute Gasteiger partial charge is 0.387 e. The summed E-state index contributed by atoms with van der Waals surface area (Å²) in [7, 11) is 0. The molecular weight excluding hydrogens is 461 g/mol. The lowest BCUT2D eigenvalue weighted by molar-refractivity contribution is -0.127. The van der Waals surface area contributed by atoms with Crippen LogP contribution in [0, 0.1) is 5.82 Å². The van der Waals surface area contributed by atoms with Crippen LogP contribution in [0.15, 0.2) is 42.5 Å². The maximum absolute atomic E-state index is 13.2. The van der Waals surface area contributed by atoms with Crippen molar-refractivity contribution in [3.63, 3.8) is 0 Å². The first-order valence-corrected chi connectivity index (χ1v) is 10.6. The zero-order chi connectivity index (χ0) is 24.0. The standard InChI is InChI=1S/C23H22ClF3N2O4/c1-2-32-20-13-15(3-7-19(20)33-23(26)27)4-8-21(30)28-9-11-29(12-10-28)22(31)17-6-5-16(25)14-18(17)24/h3-8,13-14,23H,2,9-12H2,1H3/b8-4+. The summed E-state index contributed by atoms with van der Waals surface area (Å²) in [4.78, 5) is 28.3. The molecule has 0 bridgehead atoms. The van der Waals surface area contributed by atoms with E-state index in [4.69, 9.17) is 16.3 Å². The van der Waals surface area contributed by atoms with Crippen molar-refractivity contribution in [1.29, 1.82) is 0 Å². The molecule has 33 heavy (non-hydrogen) atoms. The van der Waals surface area contributed by atoms with Crippen molar-refractivity contribution in [2.75, 3.05) is 32.8 Å². The molecule has 0 spiro atoms. The van der Waals surface area contributed by atoms with Gasteiger partial charge in [0.25, 0.3) is 5.91 Å². The van der Waals surface area contributed by atoms with Crippen molar-refractivity contribution in [1.82, 2.24) is 9.80 Å². The highest BCUT2D eigenvalue weighted by Gasteiger charge is 2.25. The van der Waals surface area contributed by atoms with Crippen LogP contribution >= 0.6 is 11.6 Å². The fourth-order valence-electron chi connectivity index (χ4n) is 3.33. The van der Waals surface area contributed by atoms with Crippen LogP contribution in [0.1, 0.15) is 22.8 Å². The molecule has 2 aromatic rings. The van der Waals surface area contributed by atoms with Gasteiger partial charge in [0.15, 0.2) is 11.5 Å². The summed E-state index contributed by atoms with van der Waals surface area (Å²) < 4.78 is 48.0. The van der Waals surface area contributed by atoms with Gasteiger partial charge in [0.2, 0.25) is 5.91 Å². The Kier molecular flexibility index (Phi) is 8.21. The third-order valence-electron chi connectivity index (χ3n) is 4.94. The molecule has 2 amide bonds. The van der Waals surface area contributed by atoms with Crippen LogP contribution in [0.4, 0.5) is 13.2 Å². The van der Waals surface area contributed by atoms with Gasteiger partial charge in [-0.15, -0.1) is 0 Å². The minimum atomic E-state index is -2.98. The molecule has 1 aliphatic heterocycles. The van der Waals surface area contributed by atoms with Gasteiger partial charge in [0, 0.05) is 32.3 Å². The van der Waals surface area contributed by atoms with Gasteiger partial charge in [-0.1, -0.05) is 17.7 Å². The number of hydrogen-bond donors (Lipinski definition) is 0. The van der Waals surface area contributed by atoms with Crippen molar-refractivity contribution >= 4 is 29.5 Å². The maximum Gasteiger partial charge on any atom is 0.387 e. The van der Waals surface area contributed by atoms with Crippen LogP contribution in [-0.2, 0) is 4.79 Å². The van der Waals surface area contributed by atoms with Gasteiger partial charge in [-0.3, -0.25) is 9.59 Å². The Morgan fingerprint density at radius 2 is 1.76 bits per heavy atom. The molecular formula is C23H22ClF3N2O4. The predicted molar refractivity (Wildman–Crippen MR) is 117 cm³/mol. The molecule has 6 nitrogen and oxygen atoms in total. The second-order valence-corrected chi connectivity index (χ2v) is 7.50. The number of nitrogens with zero attached hydrogens (tertiary/aromatic N) is 2. The zero-order valence-corrected chi connectivity index (χ0v) is 18.5. The number of carbonyl (C=O) groups excluding carboxylic acids is 2. The molecule has 0 saturated carbocycles. The van der Waals surface area contributed by atoms with Gasteiger partial charge in [-0.05, 0) is 48.9 Å². The average Bonchev–Trinajstić information content (AvgIpc) is 2.78. The second-order valence-electron chi connectivity index (χ2n) is 7.09. The number of benzene rings is 2. The highest BCUT2D eigenvalue weighted by Crippen LogP contribution is 2.30. The number of ether oxygens (including phenoxy) is 2. The lowest BCUT2D eigenvalue weighted by Crippen LogP contribution is -2.50. The van der Waals surface area contributed by atoms with Crippen LogP contribution in [-0.4, -0.2) is 61.0 Å². The number of alkyl halides is 2. The Labute approximate surface area is 194 Å². The van der Waals surface area contributed by atoms with E-state index in [0.29, 0.717) is 31.7 Å². The molecule has 10 heteroatoms. The molecule has 1 heterocycles. The summed E-state index contributed by atoms with van der Waals surface area (Å²) in [5.41, 5.74) is 0.787. The maximum atomic E-state index is 13.2. The molecule has 1 saturated heterocycles. The first-order chi connectivity index (χ1) is 15.8. The Balaban J connectivity index is 1.59. The molecule has 0 aromatic heterocycles. The zero-order valence-electron chi connectivity index (χ0n) is 17.8. The topological polar surface area (TPSA) is 59.1 Å². The van der Waals surface area contributed by atoms with Gasteiger partial charge >= 0.3 is 6.61 Å². The third kappa shape index (κ3) is 6.41. The number of amides is 2. The van der Waals surface area contributed by atoms with E-state index in [2.05, 4.69) is 4.74 Å². The monoisotopic (exact) mass is 482 g/mol. The molecule has 2 aromatic carbocycles. The molecule has 1 aliphatic rings. The number of hydrogen-bond acceptors (Lipinski definition) is 4. The molecule has 0 atom stereocenters. The Hall–Kier alpha value is -3.20. The average molecular weight is 483 g/mol. The molecule has 176 valence electrons. The van der Waals surface area contributed by atoms with Crippen molar-refractivity contribution in [3.8, 4) is 11.5 Å². The fourth-order valence-corrected chi connectivity index (χ4v) is 3.57. The van der Waals surface area contributed by atoms with E-state index in [0.717, 1.165) is 6.07 Å². The summed E-state index contributed by atoms with van der Waals surface area (Å²) >= 11 is 5.97. The van der Waals surface area contributed by atoms with E-state index in [9.17, 15) is 22.8 Å². The molecule has 0 unspecified atom stereocenters.